The molecule has 1 fully saturated rings. The highest BCUT2D eigenvalue weighted by Gasteiger charge is 2.35. The van der Waals surface area contributed by atoms with Gasteiger partial charge in [-0.25, -0.2) is 9.42 Å². The number of anilines is 1. The van der Waals surface area contributed by atoms with Crippen LogP contribution in [-0.4, -0.2) is 46.3 Å². The van der Waals surface area contributed by atoms with Crippen molar-refractivity contribution in [2.75, 3.05) is 18.9 Å². The molecule has 1 aliphatic heterocycles. The summed E-state index contributed by atoms with van der Waals surface area (Å²) in [6.45, 7) is 2.48. The third-order valence-electron chi connectivity index (χ3n) is 3.04. The zero-order chi connectivity index (χ0) is 13.8. The first-order valence-corrected chi connectivity index (χ1v) is 6.20. The summed E-state index contributed by atoms with van der Waals surface area (Å²) in [6, 6.07) is -0.586. The van der Waals surface area contributed by atoms with Crippen molar-refractivity contribution in [2.45, 2.75) is 32.2 Å². The summed E-state index contributed by atoms with van der Waals surface area (Å²) in [7, 11) is 0. The minimum atomic E-state index is -0.586. The second kappa shape index (κ2) is 5.68. The SMILES string of the molecule is CCOC(=O)C1CCCCN1C(=O)c1nonc1N. The summed E-state index contributed by atoms with van der Waals surface area (Å²) in [4.78, 5) is 25.6. The smallest absolute Gasteiger partial charge is 0.328 e. The number of hydrogen-bond acceptors (Lipinski definition) is 7. The lowest BCUT2D eigenvalue weighted by atomic mass is 10.0. The minimum absolute atomic E-state index is 0.0591. The third kappa shape index (κ3) is 2.67. The number of hydrogen-bond donors (Lipinski definition) is 1. The summed E-state index contributed by atoms with van der Waals surface area (Å²) in [5.41, 5.74) is 5.44. The molecule has 1 amide bonds. The van der Waals surface area contributed by atoms with Crippen LogP contribution in [0.3, 0.4) is 0 Å². The highest BCUT2D eigenvalue weighted by molar-refractivity contribution is 5.98. The van der Waals surface area contributed by atoms with Crippen LogP contribution in [0.25, 0.3) is 0 Å². The van der Waals surface area contributed by atoms with Gasteiger partial charge in [-0.3, -0.25) is 4.79 Å². The number of likely N-dealkylation sites (tertiary alicyclic amines) is 1. The van der Waals surface area contributed by atoms with E-state index in [2.05, 4.69) is 14.9 Å². The molecule has 19 heavy (non-hydrogen) atoms. The normalized spacial score (nSPS) is 19.2. The molecule has 0 saturated carbocycles. The number of piperidine rings is 1. The topological polar surface area (TPSA) is 112 Å². The molecule has 1 aliphatic rings. The van der Waals surface area contributed by atoms with Gasteiger partial charge in [-0.2, -0.15) is 0 Å². The molecule has 2 N–H and O–H groups in total. The Morgan fingerprint density at radius 2 is 2.26 bits per heavy atom. The number of nitrogens with zero attached hydrogens (tertiary/aromatic N) is 3. The predicted octanol–water partition coefficient (Wildman–Crippen LogP) is 0.210. The predicted molar refractivity (Wildman–Crippen MR) is 64.0 cm³/mol. The second-order valence-corrected chi connectivity index (χ2v) is 4.26. The lowest BCUT2D eigenvalue weighted by Gasteiger charge is -2.33. The van der Waals surface area contributed by atoms with Gasteiger partial charge in [0.25, 0.3) is 5.91 Å². The number of aromatic nitrogens is 2. The summed E-state index contributed by atoms with van der Waals surface area (Å²) < 4.78 is 9.40. The number of carbonyl (C=O) groups is 2. The first-order valence-electron chi connectivity index (χ1n) is 6.20. The van der Waals surface area contributed by atoms with E-state index in [9.17, 15) is 9.59 Å². The molecule has 1 aromatic heterocycles. The molecule has 8 heteroatoms. The van der Waals surface area contributed by atoms with E-state index in [0.717, 1.165) is 12.8 Å². The van der Waals surface area contributed by atoms with Crippen molar-refractivity contribution in [1.82, 2.24) is 15.2 Å². The van der Waals surface area contributed by atoms with Crippen molar-refractivity contribution in [3.05, 3.63) is 5.69 Å². The molecule has 0 aromatic carbocycles. The van der Waals surface area contributed by atoms with Crippen LogP contribution in [-0.2, 0) is 9.53 Å². The Hall–Kier alpha value is -2.12. The Morgan fingerprint density at radius 1 is 1.47 bits per heavy atom. The Morgan fingerprint density at radius 3 is 2.89 bits per heavy atom. The number of nitrogens with two attached hydrogens (primary N) is 1. The number of esters is 1. The minimum Gasteiger partial charge on any atom is -0.464 e. The lowest BCUT2D eigenvalue weighted by molar-refractivity contribution is -0.149. The van der Waals surface area contributed by atoms with Crippen LogP contribution in [0.5, 0.6) is 0 Å². The molecular formula is C11H16N4O4. The number of rotatable bonds is 3. The second-order valence-electron chi connectivity index (χ2n) is 4.26. The molecule has 1 saturated heterocycles. The number of carbonyl (C=O) groups excluding carboxylic acids is 2. The average molecular weight is 268 g/mol. The number of amides is 1. The van der Waals surface area contributed by atoms with E-state index in [1.54, 1.807) is 6.92 Å². The van der Waals surface area contributed by atoms with Gasteiger partial charge in [0.05, 0.1) is 6.61 Å². The largest absolute Gasteiger partial charge is 0.464 e. The lowest BCUT2D eigenvalue weighted by Crippen LogP contribution is -2.48. The van der Waals surface area contributed by atoms with Crippen LogP contribution in [0, 0.1) is 0 Å². The van der Waals surface area contributed by atoms with E-state index in [4.69, 9.17) is 10.5 Å². The van der Waals surface area contributed by atoms with E-state index >= 15 is 0 Å². The molecule has 2 heterocycles. The first kappa shape index (κ1) is 13.3. The van der Waals surface area contributed by atoms with Gasteiger partial charge in [0.15, 0.2) is 0 Å². The summed E-state index contributed by atoms with van der Waals surface area (Å²) in [6.07, 6.45) is 2.28. The van der Waals surface area contributed by atoms with Crippen molar-refractivity contribution in [1.29, 1.82) is 0 Å². The molecule has 8 nitrogen and oxygen atoms in total. The zero-order valence-corrected chi connectivity index (χ0v) is 10.7. The van der Waals surface area contributed by atoms with E-state index in [1.807, 2.05) is 0 Å². The van der Waals surface area contributed by atoms with Gasteiger partial charge in [0.1, 0.15) is 6.04 Å². The first-order chi connectivity index (χ1) is 9.15. The maximum Gasteiger partial charge on any atom is 0.328 e. The fourth-order valence-corrected chi connectivity index (χ4v) is 2.14. The molecule has 0 radical (unpaired) electrons. The van der Waals surface area contributed by atoms with Gasteiger partial charge in [-0.05, 0) is 36.5 Å². The molecule has 0 bridgehead atoms. The summed E-state index contributed by atoms with van der Waals surface area (Å²) in [5, 5.41) is 6.84. The van der Waals surface area contributed by atoms with Gasteiger partial charge < -0.3 is 15.4 Å². The van der Waals surface area contributed by atoms with Crippen molar-refractivity contribution >= 4 is 17.7 Å². The van der Waals surface area contributed by atoms with Crippen molar-refractivity contribution in [2.24, 2.45) is 0 Å². The fraction of sp³-hybridized carbons (Fsp3) is 0.636. The number of nitrogen functional groups attached to an aromatic ring is 1. The molecule has 0 aliphatic carbocycles. The monoisotopic (exact) mass is 268 g/mol. The standard InChI is InChI=1S/C11H16N4O4/c1-2-18-11(17)7-5-3-4-6-15(7)10(16)8-9(12)14-19-13-8/h7H,2-6H2,1H3,(H2,12,14). The molecule has 1 atom stereocenters. The maximum atomic E-state index is 12.3. The van der Waals surface area contributed by atoms with Crippen molar-refractivity contribution in [3.63, 3.8) is 0 Å². The van der Waals surface area contributed by atoms with Crippen molar-refractivity contribution < 1.29 is 19.0 Å². The maximum absolute atomic E-state index is 12.3. The third-order valence-corrected chi connectivity index (χ3v) is 3.04. The van der Waals surface area contributed by atoms with Gasteiger partial charge in [-0.1, -0.05) is 0 Å². The van der Waals surface area contributed by atoms with Crippen LogP contribution in [0.1, 0.15) is 36.7 Å². The summed E-state index contributed by atoms with van der Waals surface area (Å²) in [5.74, 6) is -0.916. The highest BCUT2D eigenvalue weighted by Crippen LogP contribution is 2.21. The molecular weight excluding hydrogens is 252 g/mol. The van der Waals surface area contributed by atoms with Crippen LogP contribution in [0.15, 0.2) is 4.63 Å². The molecule has 1 aromatic rings. The van der Waals surface area contributed by atoms with Gasteiger partial charge >= 0.3 is 5.97 Å². The zero-order valence-electron chi connectivity index (χ0n) is 10.7. The summed E-state index contributed by atoms with van der Waals surface area (Å²) >= 11 is 0. The average Bonchev–Trinajstić information content (AvgIpc) is 2.84. The van der Waals surface area contributed by atoms with E-state index in [-0.39, 0.29) is 18.1 Å². The van der Waals surface area contributed by atoms with Gasteiger partial charge in [0, 0.05) is 6.54 Å². The Bertz CT molecular complexity index is 473. The van der Waals surface area contributed by atoms with Gasteiger partial charge in [-0.15, -0.1) is 0 Å². The molecule has 104 valence electrons. The molecule has 1 unspecified atom stereocenters. The number of ether oxygens (including phenoxy) is 1. The highest BCUT2D eigenvalue weighted by atomic mass is 16.6. The quantitative estimate of drug-likeness (QED) is 0.780. The van der Waals surface area contributed by atoms with Crippen LogP contribution >= 0.6 is 0 Å². The van der Waals surface area contributed by atoms with E-state index in [0.29, 0.717) is 13.0 Å². The van der Waals surface area contributed by atoms with Crippen LogP contribution in [0.2, 0.25) is 0 Å². The Labute approximate surface area is 109 Å². The Kier molecular flexibility index (Phi) is 3.98. The Balaban J connectivity index is 2.18. The van der Waals surface area contributed by atoms with Crippen LogP contribution in [0.4, 0.5) is 5.82 Å². The fourth-order valence-electron chi connectivity index (χ4n) is 2.14. The van der Waals surface area contributed by atoms with E-state index < -0.39 is 17.9 Å². The van der Waals surface area contributed by atoms with Gasteiger partial charge in [0.2, 0.25) is 11.5 Å². The molecule has 2 rings (SSSR count). The van der Waals surface area contributed by atoms with Crippen LogP contribution < -0.4 is 5.73 Å². The van der Waals surface area contributed by atoms with E-state index in [1.165, 1.54) is 4.90 Å². The van der Waals surface area contributed by atoms with Crippen molar-refractivity contribution in [3.8, 4) is 0 Å². The molecule has 0 spiro atoms.